The Hall–Kier alpha value is -2.44. The summed E-state index contributed by atoms with van der Waals surface area (Å²) < 4.78 is 22.2. The molecule has 0 amide bonds. The fraction of sp³-hybridized carbons (Fsp3) is 0.368. The number of benzene rings is 2. The lowest BCUT2D eigenvalue weighted by molar-refractivity contribution is 0.107. The van der Waals surface area contributed by atoms with Crippen molar-refractivity contribution in [3.8, 4) is 23.0 Å². The highest BCUT2D eigenvalue weighted by atomic mass is 16.7. The van der Waals surface area contributed by atoms with Gasteiger partial charge in [-0.1, -0.05) is 6.07 Å². The summed E-state index contributed by atoms with van der Waals surface area (Å²) >= 11 is 0. The maximum Gasteiger partial charge on any atom is 0.231 e. The monoisotopic (exact) mass is 339 g/mol. The van der Waals surface area contributed by atoms with E-state index in [-0.39, 0.29) is 25.5 Å². The Morgan fingerprint density at radius 2 is 1.72 bits per heavy atom. The van der Waals surface area contributed by atoms with Crippen LogP contribution in [-0.2, 0) is 13.0 Å². The molecule has 0 bridgehead atoms. The van der Waals surface area contributed by atoms with E-state index in [1.807, 2.05) is 12.1 Å². The zero-order valence-corrected chi connectivity index (χ0v) is 13.5. The highest BCUT2D eigenvalue weighted by molar-refractivity contribution is 5.58. The standard InChI is InChI=1S/C19H17NO5/c21-13-3-9-4-15-16(24-7-23-15)5-11(9)18-17(13)10-1-2-14-19(25-8-22-14)12(10)6-20-18/h1-2,4-5,13,17-18,20-21H,3,6-8H2/t13-,17+,18-/m1/s1. The molecule has 3 heterocycles. The van der Waals surface area contributed by atoms with E-state index in [1.165, 1.54) is 5.56 Å². The van der Waals surface area contributed by atoms with Crippen molar-refractivity contribution in [1.29, 1.82) is 0 Å². The van der Waals surface area contributed by atoms with Crippen LogP contribution in [0, 0.1) is 0 Å². The molecule has 6 rings (SSSR count). The topological polar surface area (TPSA) is 69.2 Å². The molecule has 0 spiro atoms. The van der Waals surface area contributed by atoms with Gasteiger partial charge in [-0.05, 0) is 41.3 Å². The van der Waals surface area contributed by atoms with Crippen LogP contribution in [-0.4, -0.2) is 24.8 Å². The Kier molecular flexibility index (Phi) is 2.65. The lowest BCUT2D eigenvalue weighted by Crippen LogP contribution is -2.42. The van der Waals surface area contributed by atoms with Crippen molar-refractivity contribution >= 4 is 0 Å². The molecule has 0 unspecified atom stereocenters. The maximum absolute atomic E-state index is 10.9. The Balaban J connectivity index is 1.50. The van der Waals surface area contributed by atoms with Gasteiger partial charge < -0.3 is 29.4 Å². The minimum Gasteiger partial charge on any atom is -0.454 e. The molecule has 1 aliphatic carbocycles. The molecule has 3 atom stereocenters. The van der Waals surface area contributed by atoms with Crippen molar-refractivity contribution < 1.29 is 24.1 Å². The molecule has 6 heteroatoms. The van der Waals surface area contributed by atoms with Gasteiger partial charge in [0.05, 0.1) is 6.10 Å². The summed E-state index contributed by atoms with van der Waals surface area (Å²) in [5.41, 5.74) is 4.54. The Labute approximate surface area is 144 Å². The molecule has 2 aromatic rings. The summed E-state index contributed by atoms with van der Waals surface area (Å²) in [7, 11) is 0. The van der Waals surface area contributed by atoms with Gasteiger partial charge in [-0.25, -0.2) is 0 Å². The highest BCUT2D eigenvalue weighted by Crippen LogP contribution is 2.51. The lowest BCUT2D eigenvalue weighted by Gasteiger charge is -2.42. The zero-order chi connectivity index (χ0) is 16.5. The van der Waals surface area contributed by atoms with Crippen LogP contribution in [0.1, 0.15) is 34.2 Å². The minimum absolute atomic E-state index is 0.0221. The van der Waals surface area contributed by atoms with Crippen LogP contribution >= 0.6 is 0 Å². The lowest BCUT2D eigenvalue weighted by atomic mass is 9.71. The number of ether oxygens (including phenoxy) is 4. The third kappa shape index (κ3) is 1.81. The smallest absolute Gasteiger partial charge is 0.231 e. The van der Waals surface area contributed by atoms with Crippen molar-refractivity contribution in [2.75, 3.05) is 13.6 Å². The van der Waals surface area contributed by atoms with E-state index in [4.69, 9.17) is 18.9 Å². The Morgan fingerprint density at radius 3 is 2.64 bits per heavy atom. The number of rotatable bonds is 0. The van der Waals surface area contributed by atoms with Gasteiger partial charge >= 0.3 is 0 Å². The molecule has 0 saturated heterocycles. The molecule has 128 valence electrons. The second-order valence-electron chi connectivity index (χ2n) is 6.93. The molecule has 0 radical (unpaired) electrons. The molecule has 0 aromatic heterocycles. The predicted octanol–water partition coefficient (Wildman–Crippen LogP) is 1.99. The van der Waals surface area contributed by atoms with Gasteiger partial charge in [-0.15, -0.1) is 0 Å². The number of aliphatic hydroxyl groups excluding tert-OH is 1. The average Bonchev–Trinajstić information content (AvgIpc) is 3.28. The second kappa shape index (κ2) is 4.80. The van der Waals surface area contributed by atoms with Gasteiger partial charge in [0.1, 0.15) is 0 Å². The molecule has 4 aliphatic rings. The highest BCUT2D eigenvalue weighted by Gasteiger charge is 2.42. The van der Waals surface area contributed by atoms with Crippen molar-refractivity contribution in [3.05, 3.63) is 46.5 Å². The Morgan fingerprint density at radius 1 is 0.920 bits per heavy atom. The maximum atomic E-state index is 10.9. The number of hydrogen-bond donors (Lipinski definition) is 2. The summed E-state index contributed by atoms with van der Waals surface area (Å²) in [5, 5.41) is 14.5. The summed E-state index contributed by atoms with van der Waals surface area (Å²) in [6, 6.07) is 8.13. The van der Waals surface area contributed by atoms with Crippen molar-refractivity contribution in [2.45, 2.75) is 31.0 Å². The van der Waals surface area contributed by atoms with E-state index in [0.717, 1.165) is 39.7 Å². The summed E-state index contributed by atoms with van der Waals surface area (Å²) in [4.78, 5) is 0. The fourth-order valence-corrected chi connectivity index (χ4v) is 4.61. The quantitative estimate of drug-likeness (QED) is 0.765. The molecule has 2 aromatic carbocycles. The number of fused-ring (bicyclic) bond motifs is 8. The van der Waals surface area contributed by atoms with Crippen LogP contribution < -0.4 is 24.3 Å². The average molecular weight is 339 g/mol. The minimum atomic E-state index is -0.468. The van der Waals surface area contributed by atoms with Crippen LogP contribution in [0.2, 0.25) is 0 Å². The van der Waals surface area contributed by atoms with Crippen LogP contribution in [0.4, 0.5) is 0 Å². The molecular formula is C19H17NO5. The van der Waals surface area contributed by atoms with E-state index >= 15 is 0 Å². The number of hydrogen-bond acceptors (Lipinski definition) is 6. The first-order valence-electron chi connectivity index (χ1n) is 8.55. The first-order valence-corrected chi connectivity index (χ1v) is 8.55. The van der Waals surface area contributed by atoms with Crippen LogP contribution in [0.3, 0.4) is 0 Å². The van der Waals surface area contributed by atoms with Crippen LogP contribution in [0.25, 0.3) is 0 Å². The van der Waals surface area contributed by atoms with Gasteiger partial charge in [0.2, 0.25) is 13.6 Å². The molecule has 6 nitrogen and oxygen atoms in total. The molecule has 0 fully saturated rings. The van der Waals surface area contributed by atoms with E-state index in [1.54, 1.807) is 0 Å². The Bertz CT molecular complexity index is 896. The van der Waals surface area contributed by atoms with Crippen molar-refractivity contribution in [3.63, 3.8) is 0 Å². The van der Waals surface area contributed by atoms with Crippen LogP contribution in [0.15, 0.2) is 24.3 Å². The number of aliphatic hydroxyl groups is 1. The van der Waals surface area contributed by atoms with E-state index in [0.29, 0.717) is 13.0 Å². The van der Waals surface area contributed by atoms with Gasteiger partial charge in [0.25, 0.3) is 0 Å². The molecular weight excluding hydrogens is 322 g/mol. The van der Waals surface area contributed by atoms with Gasteiger partial charge in [0, 0.05) is 24.1 Å². The van der Waals surface area contributed by atoms with E-state index < -0.39 is 6.10 Å². The predicted molar refractivity (Wildman–Crippen MR) is 87.2 cm³/mol. The van der Waals surface area contributed by atoms with Gasteiger partial charge in [-0.2, -0.15) is 0 Å². The summed E-state index contributed by atoms with van der Waals surface area (Å²) in [5.74, 6) is 3.13. The first kappa shape index (κ1) is 13.8. The third-order valence-electron chi connectivity index (χ3n) is 5.71. The summed E-state index contributed by atoms with van der Waals surface area (Å²) in [6.45, 7) is 1.20. The first-order chi connectivity index (χ1) is 12.3. The van der Waals surface area contributed by atoms with Gasteiger partial charge in [-0.3, -0.25) is 0 Å². The molecule has 2 N–H and O–H groups in total. The van der Waals surface area contributed by atoms with Crippen molar-refractivity contribution in [2.24, 2.45) is 0 Å². The van der Waals surface area contributed by atoms with E-state index in [9.17, 15) is 5.11 Å². The third-order valence-corrected chi connectivity index (χ3v) is 5.71. The zero-order valence-electron chi connectivity index (χ0n) is 13.5. The molecule has 25 heavy (non-hydrogen) atoms. The summed E-state index contributed by atoms with van der Waals surface area (Å²) in [6.07, 6.45) is 0.132. The van der Waals surface area contributed by atoms with Gasteiger partial charge in [0.15, 0.2) is 23.0 Å². The largest absolute Gasteiger partial charge is 0.454 e. The SMILES string of the molecule is O[C@@H]1Cc2cc3c(cc2[C@H]2NCc4c(ccc5c4OCO5)[C@@H]12)OCO3. The van der Waals surface area contributed by atoms with Crippen molar-refractivity contribution in [1.82, 2.24) is 5.32 Å². The van der Waals surface area contributed by atoms with Crippen LogP contribution in [0.5, 0.6) is 23.0 Å². The normalized spacial score (nSPS) is 27.5. The fourth-order valence-electron chi connectivity index (χ4n) is 4.61. The second-order valence-corrected chi connectivity index (χ2v) is 6.93. The molecule has 3 aliphatic heterocycles. The number of nitrogens with one attached hydrogen (secondary N) is 1. The molecule has 0 saturated carbocycles. The van der Waals surface area contributed by atoms with E-state index in [2.05, 4.69) is 17.4 Å².